The number of esters is 2. The van der Waals surface area contributed by atoms with Gasteiger partial charge in [-0.2, -0.15) is 0 Å². The van der Waals surface area contributed by atoms with E-state index in [1.54, 1.807) is 25.1 Å². The summed E-state index contributed by atoms with van der Waals surface area (Å²) in [6.07, 6.45) is 5.84. The molecule has 1 aromatic carbocycles. The Hall–Kier alpha value is -3.13. The zero-order valence-electron chi connectivity index (χ0n) is 15.0. The van der Waals surface area contributed by atoms with Gasteiger partial charge in [0, 0.05) is 16.5 Å². The number of carbonyl (C=O) groups is 2. The molecule has 0 atom stereocenters. The van der Waals surface area contributed by atoms with E-state index in [4.69, 9.17) is 15.9 Å². The number of pyridine rings is 1. The first-order chi connectivity index (χ1) is 12.4. The van der Waals surface area contributed by atoms with Gasteiger partial charge in [0.15, 0.2) is 0 Å². The molecule has 5 nitrogen and oxygen atoms in total. The normalized spacial score (nSPS) is 14.8. The molecule has 1 aromatic heterocycles. The lowest BCUT2D eigenvalue weighted by Crippen LogP contribution is -2.30. The summed E-state index contributed by atoms with van der Waals surface area (Å²) in [6.45, 7) is 6.00. The van der Waals surface area contributed by atoms with Gasteiger partial charge in [0.1, 0.15) is 11.4 Å². The van der Waals surface area contributed by atoms with E-state index in [2.05, 4.69) is 10.9 Å². The summed E-state index contributed by atoms with van der Waals surface area (Å²) in [4.78, 5) is 28.1. The molecule has 2 heterocycles. The summed E-state index contributed by atoms with van der Waals surface area (Å²) in [7, 11) is 0. The van der Waals surface area contributed by atoms with Crippen LogP contribution in [0.15, 0.2) is 30.3 Å². The maximum absolute atomic E-state index is 12.0. The van der Waals surface area contributed by atoms with Crippen molar-refractivity contribution in [1.29, 1.82) is 0 Å². The SMILES string of the molecule is C#Cc1nc(-c2ccc3c(c2)C(C)(C)CC(=O)O3)ccc1C(=O)OCC. The van der Waals surface area contributed by atoms with Crippen molar-refractivity contribution in [3.05, 3.63) is 47.2 Å². The van der Waals surface area contributed by atoms with Gasteiger partial charge in [0.05, 0.1) is 24.3 Å². The molecule has 3 rings (SSSR count). The van der Waals surface area contributed by atoms with Gasteiger partial charge >= 0.3 is 11.9 Å². The smallest absolute Gasteiger partial charge is 0.341 e. The lowest BCUT2D eigenvalue weighted by Gasteiger charge is -2.31. The Labute approximate surface area is 152 Å². The number of ether oxygens (including phenoxy) is 2. The van der Waals surface area contributed by atoms with Gasteiger partial charge in [-0.1, -0.05) is 13.8 Å². The third-order valence-electron chi connectivity index (χ3n) is 4.34. The zero-order valence-corrected chi connectivity index (χ0v) is 15.0. The van der Waals surface area contributed by atoms with Gasteiger partial charge in [0.2, 0.25) is 0 Å². The first kappa shape index (κ1) is 17.7. The fraction of sp³-hybridized carbons (Fsp3) is 0.286. The Bertz CT molecular complexity index is 938. The highest BCUT2D eigenvalue weighted by atomic mass is 16.5. The molecular weight excluding hydrogens is 330 g/mol. The largest absolute Gasteiger partial charge is 0.462 e. The van der Waals surface area contributed by atoms with Crippen molar-refractivity contribution in [2.45, 2.75) is 32.6 Å². The van der Waals surface area contributed by atoms with Crippen molar-refractivity contribution in [2.75, 3.05) is 6.61 Å². The number of fused-ring (bicyclic) bond motifs is 1. The molecular formula is C21H19NO4. The van der Waals surface area contributed by atoms with Crippen LogP contribution in [0, 0.1) is 12.3 Å². The first-order valence-electron chi connectivity index (χ1n) is 8.36. The second-order valence-corrected chi connectivity index (χ2v) is 6.70. The molecule has 0 aliphatic carbocycles. The molecule has 132 valence electrons. The van der Waals surface area contributed by atoms with E-state index in [1.807, 2.05) is 26.0 Å². The molecule has 0 unspecified atom stereocenters. The average molecular weight is 349 g/mol. The second kappa shape index (κ2) is 6.64. The number of hydrogen-bond donors (Lipinski definition) is 0. The van der Waals surface area contributed by atoms with E-state index >= 15 is 0 Å². The maximum atomic E-state index is 12.0. The number of terminal acetylenes is 1. The standard InChI is InChI=1S/C21H19NO4/c1-5-16-14(20(24)25-6-2)8-9-17(22-16)13-7-10-18-15(11-13)21(3,4)12-19(23)26-18/h1,7-11H,6,12H2,2-4H3. The van der Waals surface area contributed by atoms with E-state index in [0.29, 0.717) is 17.9 Å². The number of carbonyl (C=O) groups excluding carboxylic acids is 2. The summed E-state index contributed by atoms with van der Waals surface area (Å²) < 4.78 is 10.3. The van der Waals surface area contributed by atoms with E-state index in [9.17, 15) is 9.59 Å². The molecule has 1 aliphatic rings. The van der Waals surface area contributed by atoms with Gasteiger partial charge in [-0.3, -0.25) is 4.79 Å². The monoisotopic (exact) mass is 349 g/mol. The fourth-order valence-corrected chi connectivity index (χ4v) is 3.03. The quantitative estimate of drug-likeness (QED) is 0.482. The highest BCUT2D eigenvalue weighted by Crippen LogP contribution is 2.40. The minimum atomic E-state index is -0.488. The third-order valence-corrected chi connectivity index (χ3v) is 4.34. The molecule has 26 heavy (non-hydrogen) atoms. The van der Waals surface area contributed by atoms with Crippen LogP contribution in [0.5, 0.6) is 5.75 Å². The van der Waals surface area contributed by atoms with Crippen LogP contribution in [0.2, 0.25) is 0 Å². The number of nitrogens with zero attached hydrogens (tertiary/aromatic N) is 1. The van der Waals surface area contributed by atoms with E-state index < -0.39 is 5.97 Å². The van der Waals surface area contributed by atoms with Crippen molar-refractivity contribution in [1.82, 2.24) is 4.98 Å². The minimum Gasteiger partial charge on any atom is -0.462 e. The Morgan fingerprint density at radius 1 is 1.35 bits per heavy atom. The molecule has 2 aromatic rings. The Morgan fingerprint density at radius 3 is 2.81 bits per heavy atom. The maximum Gasteiger partial charge on any atom is 0.341 e. The second-order valence-electron chi connectivity index (χ2n) is 6.70. The Morgan fingerprint density at radius 2 is 2.12 bits per heavy atom. The van der Waals surface area contributed by atoms with E-state index in [1.165, 1.54) is 0 Å². The molecule has 0 N–H and O–H groups in total. The number of rotatable bonds is 3. The predicted octanol–water partition coefficient (Wildman–Crippen LogP) is 3.49. The minimum absolute atomic E-state index is 0.234. The van der Waals surface area contributed by atoms with Crippen LogP contribution in [0.25, 0.3) is 11.3 Å². The predicted molar refractivity (Wildman–Crippen MR) is 96.8 cm³/mol. The van der Waals surface area contributed by atoms with Crippen molar-refractivity contribution in [2.24, 2.45) is 0 Å². The Kier molecular flexibility index (Phi) is 4.52. The molecule has 0 bridgehead atoms. The van der Waals surface area contributed by atoms with Gasteiger partial charge in [-0.25, -0.2) is 9.78 Å². The van der Waals surface area contributed by atoms with Crippen LogP contribution < -0.4 is 4.74 Å². The molecule has 0 spiro atoms. The fourth-order valence-electron chi connectivity index (χ4n) is 3.03. The van der Waals surface area contributed by atoms with E-state index in [-0.39, 0.29) is 29.2 Å². The van der Waals surface area contributed by atoms with Gasteiger partial charge in [0.25, 0.3) is 0 Å². The van der Waals surface area contributed by atoms with Crippen molar-refractivity contribution in [3.63, 3.8) is 0 Å². The van der Waals surface area contributed by atoms with Crippen LogP contribution in [-0.4, -0.2) is 23.5 Å². The summed E-state index contributed by atoms with van der Waals surface area (Å²) in [5.74, 6) is 2.29. The first-order valence-corrected chi connectivity index (χ1v) is 8.36. The molecule has 0 amide bonds. The van der Waals surface area contributed by atoms with Crippen molar-refractivity contribution < 1.29 is 19.1 Å². The highest BCUT2D eigenvalue weighted by molar-refractivity contribution is 5.92. The van der Waals surface area contributed by atoms with Crippen molar-refractivity contribution in [3.8, 4) is 29.4 Å². The van der Waals surface area contributed by atoms with Crippen LogP contribution >= 0.6 is 0 Å². The zero-order chi connectivity index (χ0) is 18.9. The lowest BCUT2D eigenvalue weighted by atomic mass is 9.79. The molecule has 0 fully saturated rings. The molecule has 1 aliphatic heterocycles. The highest BCUT2D eigenvalue weighted by Gasteiger charge is 2.34. The molecule has 0 saturated carbocycles. The average Bonchev–Trinajstić information content (AvgIpc) is 2.60. The number of aromatic nitrogens is 1. The topological polar surface area (TPSA) is 65.5 Å². The number of benzene rings is 1. The number of hydrogen-bond acceptors (Lipinski definition) is 5. The lowest BCUT2D eigenvalue weighted by molar-refractivity contribution is -0.136. The van der Waals surface area contributed by atoms with Crippen LogP contribution in [-0.2, 0) is 14.9 Å². The van der Waals surface area contributed by atoms with Crippen LogP contribution in [0.1, 0.15) is 48.8 Å². The Balaban J connectivity index is 2.04. The van der Waals surface area contributed by atoms with E-state index in [0.717, 1.165) is 11.1 Å². The van der Waals surface area contributed by atoms with Crippen molar-refractivity contribution >= 4 is 11.9 Å². The third kappa shape index (κ3) is 3.18. The summed E-state index contributed by atoms with van der Waals surface area (Å²) in [5.41, 5.74) is 2.59. The van der Waals surface area contributed by atoms with Gasteiger partial charge < -0.3 is 9.47 Å². The van der Waals surface area contributed by atoms with Gasteiger partial charge in [-0.05, 0) is 43.2 Å². The summed E-state index contributed by atoms with van der Waals surface area (Å²) in [5, 5.41) is 0. The summed E-state index contributed by atoms with van der Waals surface area (Å²) in [6, 6.07) is 8.89. The van der Waals surface area contributed by atoms with Crippen LogP contribution in [0.4, 0.5) is 0 Å². The summed E-state index contributed by atoms with van der Waals surface area (Å²) >= 11 is 0. The molecule has 0 radical (unpaired) electrons. The molecule has 0 saturated heterocycles. The van der Waals surface area contributed by atoms with Crippen LogP contribution in [0.3, 0.4) is 0 Å². The molecule has 5 heteroatoms. The van der Waals surface area contributed by atoms with Gasteiger partial charge in [-0.15, -0.1) is 6.42 Å².